The Hall–Kier alpha value is -0.660. The second kappa shape index (κ2) is 7.38. The van der Waals surface area contributed by atoms with Gasteiger partial charge in [0, 0.05) is 20.1 Å². The van der Waals surface area contributed by atoms with E-state index in [0.29, 0.717) is 25.4 Å². The molecule has 20 heavy (non-hydrogen) atoms. The van der Waals surface area contributed by atoms with Crippen molar-refractivity contribution in [2.75, 3.05) is 20.1 Å². The predicted octanol–water partition coefficient (Wildman–Crippen LogP) is 1.54. The summed E-state index contributed by atoms with van der Waals surface area (Å²) in [5.74, 6) is -0.751. The normalized spacial score (nSPS) is 25.0. The van der Waals surface area contributed by atoms with E-state index in [1.807, 2.05) is 13.8 Å². The van der Waals surface area contributed by atoms with E-state index in [2.05, 4.69) is 0 Å². The van der Waals surface area contributed by atoms with Gasteiger partial charge in [0.15, 0.2) is 0 Å². The molecule has 0 saturated carbocycles. The van der Waals surface area contributed by atoms with Gasteiger partial charge >= 0.3 is 5.97 Å². The van der Waals surface area contributed by atoms with Crippen molar-refractivity contribution in [1.29, 1.82) is 0 Å². The average molecular weight is 306 g/mol. The maximum absolute atomic E-state index is 12.5. The molecule has 0 aromatic rings. The van der Waals surface area contributed by atoms with Gasteiger partial charge in [0.05, 0.1) is 0 Å². The Labute approximate surface area is 121 Å². The molecule has 0 aliphatic carbocycles. The van der Waals surface area contributed by atoms with Crippen molar-refractivity contribution in [2.45, 2.75) is 52.0 Å². The van der Waals surface area contributed by atoms with Crippen LogP contribution >= 0.6 is 0 Å². The second-order valence-electron chi connectivity index (χ2n) is 5.45. The molecular formula is C13H26N2O4S. The molecule has 0 aromatic carbocycles. The third-order valence-electron chi connectivity index (χ3n) is 4.04. The summed E-state index contributed by atoms with van der Waals surface area (Å²) >= 11 is 0. The molecule has 1 aliphatic rings. The lowest BCUT2D eigenvalue weighted by Gasteiger charge is -2.37. The molecule has 1 fully saturated rings. The van der Waals surface area contributed by atoms with Crippen molar-refractivity contribution in [3.05, 3.63) is 0 Å². The van der Waals surface area contributed by atoms with E-state index in [9.17, 15) is 18.3 Å². The first kappa shape index (κ1) is 17.4. The van der Waals surface area contributed by atoms with Crippen LogP contribution in [0.3, 0.4) is 0 Å². The Morgan fingerprint density at radius 3 is 2.55 bits per heavy atom. The summed E-state index contributed by atoms with van der Waals surface area (Å²) in [5, 5.41) is 9.32. The van der Waals surface area contributed by atoms with Gasteiger partial charge in [-0.1, -0.05) is 26.7 Å². The highest BCUT2D eigenvalue weighted by Gasteiger charge is 2.41. The van der Waals surface area contributed by atoms with Crippen molar-refractivity contribution in [3.8, 4) is 0 Å². The number of rotatable bonds is 7. The predicted molar refractivity (Wildman–Crippen MR) is 77.6 cm³/mol. The van der Waals surface area contributed by atoms with Crippen LogP contribution in [0.25, 0.3) is 0 Å². The lowest BCUT2D eigenvalue weighted by molar-refractivity contribution is -0.143. The van der Waals surface area contributed by atoms with Crippen LogP contribution in [-0.4, -0.2) is 54.3 Å². The first-order chi connectivity index (χ1) is 9.34. The number of aliphatic carboxylic acids is 1. The number of nitrogens with zero attached hydrogens (tertiary/aromatic N) is 2. The molecule has 0 spiro atoms. The molecule has 7 heteroatoms. The molecule has 1 N–H and O–H groups in total. The van der Waals surface area contributed by atoms with Crippen LogP contribution in [0, 0.1) is 5.92 Å². The van der Waals surface area contributed by atoms with Gasteiger partial charge < -0.3 is 5.11 Å². The van der Waals surface area contributed by atoms with Gasteiger partial charge in [0.2, 0.25) is 0 Å². The fraction of sp³-hybridized carbons (Fsp3) is 0.923. The molecule has 0 radical (unpaired) electrons. The van der Waals surface area contributed by atoms with Crippen LogP contribution in [0.2, 0.25) is 0 Å². The Morgan fingerprint density at radius 2 is 2.05 bits per heavy atom. The highest BCUT2D eigenvalue weighted by molar-refractivity contribution is 7.86. The maximum atomic E-state index is 12.5. The standard InChI is InChI=1S/C13H26N2O4S/c1-4-6-8-14(3)20(18,19)15-9-7-11(5-2)10-12(15)13(16)17/h11-12H,4-10H2,1-3H3,(H,16,17). The summed E-state index contributed by atoms with van der Waals surface area (Å²) in [5.41, 5.74) is 0. The molecule has 6 nitrogen and oxygen atoms in total. The highest BCUT2D eigenvalue weighted by atomic mass is 32.2. The highest BCUT2D eigenvalue weighted by Crippen LogP contribution is 2.28. The Kier molecular flexibility index (Phi) is 6.42. The van der Waals surface area contributed by atoms with Crippen LogP contribution < -0.4 is 0 Å². The number of carboxylic acid groups (broad SMARTS) is 1. The van der Waals surface area contributed by atoms with E-state index in [4.69, 9.17) is 0 Å². The lowest BCUT2D eigenvalue weighted by Crippen LogP contribution is -2.54. The summed E-state index contributed by atoms with van der Waals surface area (Å²) in [4.78, 5) is 11.4. The molecule has 0 aromatic heterocycles. The summed E-state index contributed by atoms with van der Waals surface area (Å²) in [6.45, 7) is 4.74. The fourth-order valence-corrected chi connectivity index (χ4v) is 4.11. The van der Waals surface area contributed by atoms with E-state index in [0.717, 1.165) is 30.0 Å². The molecule has 1 rings (SSSR count). The Balaban J connectivity index is 2.88. The molecule has 0 bridgehead atoms. The summed E-state index contributed by atoms with van der Waals surface area (Å²) < 4.78 is 27.4. The third kappa shape index (κ3) is 3.93. The van der Waals surface area contributed by atoms with Gasteiger partial charge in [-0.25, -0.2) is 0 Å². The topological polar surface area (TPSA) is 77.9 Å². The van der Waals surface area contributed by atoms with Crippen LogP contribution in [0.5, 0.6) is 0 Å². The molecule has 118 valence electrons. The minimum atomic E-state index is -3.67. The van der Waals surface area contributed by atoms with Crippen molar-refractivity contribution in [2.24, 2.45) is 5.92 Å². The molecule has 0 amide bonds. The van der Waals surface area contributed by atoms with Crippen molar-refractivity contribution >= 4 is 16.2 Å². The fourth-order valence-electron chi connectivity index (χ4n) is 2.56. The van der Waals surface area contributed by atoms with Gasteiger partial charge in [-0.3, -0.25) is 4.79 Å². The summed E-state index contributed by atoms with van der Waals surface area (Å²) in [7, 11) is -2.15. The number of carboxylic acids is 1. The molecule has 1 aliphatic heterocycles. The van der Waals surface area contributed by atoms with E-state index in [1.54, 1.807) is 0 Å². The van der Waals surface area contributed by atoms with Crippen LogP contribution in [0.4, 0.5) is 0 Å². The summed E-state index contributed by atoms with van der Waals surface area (Å²) in [6, 6.07) is -0.928. The van der Waals surface area contributed by atoms with Gasteiger partial charge in [-0.2, -0.15) is 17.0 Å². The molecule has 1 heterocycles. The zero-order valence-corrected chi connectivity index (χ0v) is 13.4. The van der Waals surface area contributed by atoms with Crippen LogP contribution in [0.15, 0.2) is 0 Å². The van der Waals surface area contributed by atoms with Crippen molar-refractivity contribution in [3.63, 3.8) is 0 Å². The number of carbonyl (C=O) groups is 1. The number of hydrogen-bond donors (Lipinski definition) is 1. The van der Waals surface area contributed by atoms with Gasteiger partial charge in [0.25, 0.3) is 10.2 Å². The summed E-state index contributed by atoms with van der Waals surface area (Å²) in [6.07, 6.45) is 3.72. The molecule has 2 atom stereocenters. The first-order valence-corrected chi connectivity index (χ1v) is 8.70. The largest absolute Gasteiger partial charge is 0.480 e. The van der Waals surface area contributed by atoms with Gasteiger partial charge in [0.1, 0.15) is 6.04 Å². The molecule has 2 unspecified atom stereocenters. The Bertz CT molecular complexity index is 424. The molecule has 1 saturated heterocycles. The van der Waals surface area contributed by atoms with Crippen molar-refractivity contribution in [1.82, 2.24) is 8.61 Å². The smallest absolute Gasteiger partial charge is 0.322 e. The monoisotopic (exact) mass is 306 g/mol. The third-order valence-corrected chi connectivity index (χ3v) is 6.04. The first-order valence-electron chi connectivity index (χ1n) is 7.30. The maximum Gasteiger partial charge on any atom is 0.322 e. The lowest BCUT2D eigenvalue weighted by atomic mass is 9.90. The zero-order valence-electron chi connectivity index (χ0n) is 12.6. The zero-order chi connectivity index (χ0) is 15.3. The Morgan fingerprint density at radius 1 is 1.40 bits per heavy atom. The minimum Gasteiger partial charge on any atom is -0.480 e. The van der Waals surface area contributed by atoms with Crippen LogP contribution in [-0.2, 0) is 15.0 Å². The minimum absolute atomic E-state index is 0.295. The quantitative estimate of drug-likeness (QED) is 0.774. The van der Waals surface area contributed by atoms with Crippen LogP contribution in [0.1, 0.15) is 46.0 Å². The number of hydrogen-bond acceptors (Lipinski definition) is 3. The van der Waals surface area contributed by atoms with E-state index in [-0.39, 0.29) is 0 Å². The second-order valence-corrected chi connectivity index (χ2v) is 7.43. The average Bonchev–Trinajstić information content (AvgIpc) is 2.43. The van der Waals surface area contributed by atoms with E-state index >= 15 is 0 Å². The van der Waals surface area contributed by atoms with E-state index < -0.39 is 22.2 Å². The number of unbranched alkanes of at least 4 members (excludes halogenated alkanes) is 1. The van der Waals surface area contributed by atoms with Gasteiger partial charge in [-0.05, 0) is 25.2 Å². The molecular weight excluding hydrogens is 280 g/mol. The van der Waals surface area contributed by atoms with Gasteiger partial charge in [-0.15, -0.1) is 0 Å². The number of piperidine rings is 1. The van der Waals surface area contributed by atoms with Crippen molar-refractivity contribution < 1.29 is 18.3 Å². The van der Waals surface area contributed by atoms with E-state index in [1.165, 1.54) is 11.4 Å². The SMILES string of the molecule is CCCCN(C)S(=O)(=O)N1CCC(CC)CC1C(=O)O.